The Labute approximate surface area is 215 Å². The minimum absolute atomic E-state index is 0.0358. The van der Waals surface area contributed by atoms with Crippen molar-refractivity contribution >= 4 is 17.0 Å². The zero-order valence-corrected chi connectivity index (χ0v) is 22.1. The number of nitrogens with zero attached hydrogens (tertiary/aromatic N) is 2. The summed E-state index contributed by atoms with van der Waals surface area (Å²) in [6.45, 7) is 5.86. The van der Waals surface area contributed by atoms with Crippen LogP contribution in [-0.4, -0.2) is 46.6 Å². The monoisotopic (exact) mass is 487 g/mol. The second-order valence-electron chi connectivity index (χ2n) is 11.5. The van der Waals surface area contributed by atoms with Gasteiger partial charge in [-0.3, -0.25) is 4.79 Å². The number of nitrogens with one attached hydrogen (secondary N) is 1. The summed E-state index contributed by atoms with van der Waals surface area (Å²) in [4.78, 5) is 23.4. The maximum Gasteiger partial charge on any atom is 0.308 e. The van der Waals surface area contributed by atoms with Gasteiger partial charge in [-0.2, -0.15) is 0 Å². The Bertz CT molecular complexity index is 1120. The number of carbonyl (C=O) groups excluding carboxylic acids is 1. The fourth-order valence-electron chi connectivity index (χ4n) is 6.61. The van der Waals surface area contributed by atoms with Gasteiger partial charge in [0.2, 0.25) is 0 Å². The molecule has 3 fully saturated rings. The predicted octanol–water partition coefficient (Wildman–Crippen LogP) is 6.36. The van der Waals surface area contributed by atoms with E-state index in [4.69, 9.17) is 9.72 Å². The Kier molecular flexibility index (Phi) is 7.47. The van der Waals surface area contributed by atoms with Crippen molar-refractivity contribution in [2.75, 3.05) is 20.1 Å². The maximum absolute atomic E-state index is 12.8. The van der Waals surface area contributed by atoms with E-state index in [0.29, 0.717) is 17.8 Å². The average Bonchev–Trinajstić information content (AvgIpc) is 3.31. The number of imidazole rings is 1. The Morgan fingerprint density at radius 3 is 2.61 bits per heavy atom. The first kappa shape index (κ1) is 25.0. The summed E-state index contributed by atoms with van der Waals surface area (Å²) in [7, 11) is 2.20. The van der Waals surface area contributed by atoms with E-state index < -0.39 is 0 Å². The number of aromatic amines is 1. The number of esters is 1. The molecule has 0 amide bonds. The molecule has 5 nitrogen and oxygen atoms in total. The highest BCUT2D eigenvalue weighted by atomic mass is 16.6. The lowest BCUT2D eigenvalue weighted by Crippen LogP contribution is -2.54. The summed E-state index contributed by atoms with van der Waals surface area (Å²) in [6, 6.07) is 19.2. The number of hydrogen-bond acceptors (Lipinski definition) is 4. The van der Waals surface area contributed by atoms with E-state index >= 15 is 0 Å². The topological polar surface area (TPSA) is 58.2 Å². The zero-order chi connectivity index (χ0) is 25.1. The number of rotatable bonds is 10. The van der Waals surface area contributed by atoms with E-state index in [1.54, 1.807) is 0 Å². The van der Waals surface area contributed by atoms with Crippen LogP contribution in [0.1, 0.15) is 69.7 Å². The summed E-state index contributed by atoms with van der Waals surface area (Å²) in [6.07, 6.45) is 7.48. The highest BCUT2D eigenvalue weighted by Gasteiger charge is 2.53. The number of benzene rings is 2. The van der Waals surface area contributed by atoms with Crippen LogP contribution in [0.5, 0.6) is 0 Å². The normalized spacial score (nSPS) is 25.6. The van der Waals surface area contributed by atoms with E-state index in [1.807, 2.05) is 26.0 Å². The molecule has 0 unspecified atom stereocenters. The molecule has 192 valence electrons. The Morgan fingerprint density at radius 2 is 1.89 bits per heavy atom. The van der Waals surface area contributed by atoms with Gasteiger partial charge in [-0.15, -0.1) is 0 Å². The van der Waals surface area contributed by atoms with Crippen LogP contribution in [-0.2, 0) is 16.0 Å². The summed E-state index contributed by atoms with van der Waals surface area (Å²) in [5.41, 5.74) is 3.29. The third-order valence-corrected chi connectivity index (χ3v) is 8.66. The minimum atomic E-state index is -0.317. The maximum atomic E-state index is 12.8. The van der Waals surface area contributed by atoms with E-state index in [-0.39, 0.29) is 17.5 Å². The molecular weight excluding hydrogens is 446 g/mol. The lowest BCUT2D eigenvalue weighted by Gasteiger charge is -2.54. The van der Waals surface area contributed by atoms with Crippen LogP contribution in [0.15, 0.2) is 54.6 Å². The standard InChI is InChI=1S/C31H41N3O2/c1-22(2)30(35)36-31(21-24-15-16-25(31)20-26(24)23-10-5-4-6-11-23)17-19-34(3)18-9-14-29-32-27-12-7-8-13-28(27)33-29/h4-8,10-13,22,24-26H,9,14-21H2,1-3H3,(H,32,33)/t24-,25-,26+,31+/m0/s1. The first-order valence-corrected chi connectivity index (χ1v) is 13.8. The third kappa shape index (κ3) is 5.36. The molecule has 36 heavy (non-hydrogen) atoms. The number of hydrogen-bond donors (Lipinski definition) is 1. The van der Waals surface area contributed by atoms with Crippen molar-refractivity contribution in [3.05, 3.63) is 66.0 Å². The summed E-state index contributed by atoms with van der Waals surface area (Å²) < 4.78 is 6.44. The molecule has 3 aromatic rings. The Morgan fingerprint density at radius 1 is 1.11 bits per heavy atom. The van der Waals surface area contributed by atoms with Crippen LogP contribution < -0.4 is 0 Å². The number of fused-ring (bicyclic) bond motifs is 4. The molecular formula is C31H41N3O2. The smallest absolute Gasteiger partial charge is 0.308 e. The third-order valence-electron chi connectivity index (χ3n) is 8.66. The van der Waals surface area contributed by atoms with Crippen LogP contribution in [0, 0.1) is 17.8 Å². The minimum Gasteiger partial charge on any atom is -0.459 e. The van der Waals surface area contributed by atoms with Gasteiger partial charge in [-0.25, -0.2) is 4.98 Å². The van der Waals surface area contributed by atoms with Gasteiger partial charge in [0.1, 0.15) is 11.4 Å². The van der Waals surface area contributed by atoms with Gasteiger partial charge < -0.3 is 14.6 Å². The van der Waals surface area contributed by atoms with E-state index in [1.165, 1.54) is 18.4 Å². The summed E-state index contributed by atoms with van der Waals surface area (Å²) in [5, 5.41) is 0. The SMILES string of the molecule is CC(C)C(=O)O[C@]1(CCN(C)CCCc2nc3ccccc3[nH]2)C[C@@H]2CC[C@H]1C[C@@H]2c1ccccc1. The van der Waals surface area contributed by atoms with Crippen molar-refractivity contribution in [1.82, 2.24) is 14.9 Å². The number of ether oxygens (including phenoxy) is 1. The number of para-hydroxylation sites is 2. The molecule has 4 atom stereocenters. The highest BCUT2D eigenvalue weighted by molar-refractivity contribution is 5.74. The molecule has 3 saturated carbocycles. The number of aromatic nitrogens is 2. The second kappa shape index (κ2) is 10.8. The largest absolute Gasteiger partial charge is 0.459 e. The van der Waals surface area contributed by atoms with E-state index in [2.05, 4.69) is 59.4 Å². The van der Waals surface area contributed by atoms with E-state index in [9.17, 15) is 4.79 Å². The van der Waals surface area contributed by atoms with Gasteiger partial charge in [-0.05, 0) is 81.1 Å². The number of aryl methyl sites for hydroxylation is 1. The van der Waals surface area contributed by atoms with Gasteiger partial charge in [0.05, 0.1) is 17.0 Å². The molecule has 1 N–H and O–H groups in total. The molecule has 2 bridgehead atoms. The quantitative estimate of drug-likeness (QED) is 0.338. The molecule has 0 spiro atoms. The molecule has 3 aliphatic rings. The molecule has 1 aromatic heterocycles. The number of carbonyl (C=O) groups is 1. The lowest BCUT2D eigenvalue weighted by atomic mass is 9.55. The Balaban J connectivity index is 1.21. The predicted molar refractivity (Wildman–Crippen MR) is 145 cm³/mol. The molecule has 3 aliphatic carbocycles. The average molecular weight is 488 g/mol. The van der Waals surface area contributed by atoms with Crippen molar-refractivity contribution in [3.63, 3.8) is 0 Å². The van der Waals surface area contributed by atoms with Crippen molar-refractivity contribution in [2.24, 2.45) is 17.8 Å². The zero-order valence-electron chi connectivity index (χ0n) is 22.1. The molecule has 5 heteroatoms. The van der Waals surface area contributed by atoms with E-state index in [0.717, 1.165) is 62.1 Å². The summed E-state index contributed by atoms with van der Waals surface area (Å²) >= 11 is 0. The van der Waals surface area contributed by atoms with Crippen molar-refractivity contribution in [1.29, 1.82) is 0 Å². The fourth-order valence-corrected chi connectivity index (χ4v) is 6.61. The van der Waals surface area contributed by atoms with Gasteiger partial charge in [-0.1, -0.05) is 56.3 Å². The molecule has 0 radical (unpaired) electrons. The molecule has 0 saturated heterocycles. The van der Waals surface area contributed by atoms with Crippen LogP contribution in [0.25, 0.3) is 11.0 Å². The molecule has 1 heterocycles. The van der Waals surface area contributed by atoms with Gasteiger partial charge >= 0.3 is 5.97 Å². The van der Waals surface area contributed by atoms with Gasteiger partial charge in [0, 0.05) is 19.4 Å². The second-order valence-corrected chi connectivity index (χ2v) is 11.5. The van der Waals surface area contributed by atoms with Crippen LogP contribution in [0.3, 0.4) is 0 Å². The molecule has 0 aliphatic heterocycles. The first-order valence-electron chi connectivity index (χ1n) is 13.8. The van der Waals surface area contributed by atoms with Gasteiger partial charge in [0.25, 0.3) is 0 Å². The van der Waals surface area contributed by atoms with Crippen molar-refractivity contribution < 1.29 is 9.53 Å². The van der Waals surface area contributed by atoms with Crippen LogP contribution in [0.2, 0.25) is 0 Å². The Hall–Kier alpha value is -2.66. The lowest BCUT2D eigenvalue weighted by molar-refractivity contribution is -0.188. The summed E-state index contributed by atoms with van der Waals surface area (Å²) in [5.74, 6) is 2.57. The van der Waals surface area contributed by atoms with Crippen molar-refractivity contribution in [3.8, 4) is 0 Å². The fraction of sp³-hybridized carbons (Fsp3) is 0.548. The van der Waals surface area contributed by atoms with Crippen LogP contribution in [0.4, 0.5) is 0 Å². The van der Waals surface area contributed by atoms with Crippen LogP contribution >= 0.6 is 0 Å². The number of H-pyrrole nitrogens is 1. The highest BCUT2D eigenvalue weighted by Crippen LogP contribution is 2.56. The molecule has 6 rings (SSSR count). The first-order chi connectivity index (χ1) is 17.4. The molecule has 2 aromatic carbocycles. The van der Waals surface area contributed by atoms with Crippen molar-refractivity contribution in [2.45, 2.75) is 70.3 Å². The van der Waals surface area contributed by atoms with Gasteiger partial charge in [0.15, 0.2) is 0 Å².